The van der Waals surface area contributed by atoms with Crippen LogP contribution in [0, 0.1) is 0 Å². The van der Waals surface area contributed by atoms with E-state index in [1.807, 2.05) is 42.5 Å². The first-order valence-electron chi connectivity index (χ1n) is 13.3. The highest BCUT2D eigenvalue weighted by molar-refractivity contribution is 7.89. The van der Waals surface area contributed by atoms with E-state index in [1.54, 1.807) is 6.07 Å². The van der Waals surface area contributed by atoms with Crippen molar-refractivity contribution in [2.45, 2.75) is 24.3 Å². The zero-order valence-electron chi connectivity index (χ0n) is 21.9. The molecular formula is C33H28N2O4S. The number of fused-ring (bicyclic) bond motifs is 1. The second kappa shape index (κ2) is 10.7. The van der Waals surface area contributed by atoms with Gasteiger partial charge in [0, 0.05) is 30.9 Å². The van der Waals surface area contributed by atoms with Crippen molar-refractivity contribution in [1.82, 2.24) is 8.87 Å². The minimum Gasteiger partial charge on any atom is -0.306 e. The highest BCUT2D eigenvalue weighted by Crippen LogP contribution is 2.28. The van der Waals surface area contributed by atoms with Crippen molar-refractivity contribution in [1.29, 1.82) is 0 Å². The summed E-state index contributed by atoms with van der Waals surface area (Å²) in [6.07, 6.45) is 2.92. The van der Waals surface area contributed by atoms with E-state index in [0.29, 0.717) is 18.7 Å². The molecule has 4 aromatic carbocycles. The van der Waals surface area contributed by atoms with Crippen molar-refractivity contribution in [3.63, 3.8) is 0 Å². The number of aromatic nitrogens is 1. The van der Waals surface area contributed by atoms with Gasteiger partial charge >= 0.3 is 0 Å². The van der Waals surface area contributed by atoms with E-state index in [0.717, 1.165) is 35.1 Å². The van der Waals surface area contributed by atoms with Gasteiger partial charge in [0.1, 0.15) is 0 Å². The van der Waals surface area contributed by atoms with E-state index >= 15 is 0 Å². The topological polar surface area (TPSA) is 76.5 Å². The fraction of sp³-hybridized carbons (Fsp3) is 0.152. The van der Waals surface area contributed by atoms with E-state index in [9.17, 15) is 18.0 Å². The third-order valence-corrected chi connectivity index (χ3v) is 9.34. The molecule has 0 aliphatic carbocycles. The minimum absolute atomic E-state index is 0.0297. The lowest BCUT2D eigenvalue weighted by atomic mass is 9.97. The van der Waals surface area contributed by atoms with Gasteiger partial charge in [0.2, 0.25) is 10.0 Å². The number of pyridine rings is 1. The van der Waals surface area contributed by atoms with Crippen LogP contribution in [-0.4, -0.2) is 36.2 Å². The normalized spacial score (nSPS) is 14.0. The van der Waals surface area contributed by atoms with Crippen LogP contribution in [0.2, 0.25) is 0 Å². The number of carbonyl (C=O) groups is 1. The van der Waals surface area contributed by atoms with Crippen molar-refractivity contribution >= 4 is 26.6 Å². The molecule has 1 aliphatic rings. The largest absolute Gasteiger partial charge is 0.306 e. The maximum absolute atomic E-state index is 13.2. The van der Waals surface area contributed by atoms with E-state index in [1.165, 1.54) is 38.0 Å². The first-order valence-corrected chi connectivity index (χ1v) is 14.8. The van der Waals surface area contributed by atoms with Gasteiger partial charge in [-0.1, -0.05) is 78.9 Å². The number of rotatable bonds is 7. The average molecular weight is 549 g/mol. The third kappa shape index (κ3) is 5.13. The number of ketones is 1. The Kier molecular flexibility index (Phi) is 6.92. The first-order chi connectivity index (χ1) is 19.4. The average Bonchev–Trinajstić information content (AvgIpc) is 3.54. The molecule has 7 heteroatoms. The molecule has 6 nitrogen and oxygen atoms in total. The van der Waals surface area contributed by atoms with Crippen molar-refractivity contribution in [2.24, 2.45) is 0 Å². The lowest BCUT2D eigenvalue weighted by Crippen LogP contribution is -2.30. The smallest absolute Gasteiger partial charge is 0.251 e. The molecule has 1 aliphatic heterocycles. The Balaban J connectivity index is 1.22. The van der Waals surface area contributed by atoms with Gasteiger partial charge in [-0.05, 0) is 64.1 Å². The van der Waals surface area contributed by atoms with Gasteiger partial charge in [-0.25, -0.2) is 8.42 Å². The summed E-state index contributed by atoms with van der Waals surface area (Å²) >= 11 is 0. The van der Waals surface area contributed by atoms with Crippen molar-refractivity contribution in [2.75, 3.05) is 13.1 Å². The van der Waals surface area contributed by atoms with Crippen LogP contribution in [0.3, 0.4) is 0 Å². The third-order valence-electron chi connectivity index (χ3n) is 7.46. The minimum atomic E-state index is -3.69. The van der Waals surface area contributed by atoms with Crippen molar-refractivity contribution in [3.05, 3.63) is 125 Å². The molecule has 6 rings (SSSR count). The lowest BCUT2D eigenvalue weighted by Gasteiger charge is -2.16. The van der Waals surface area contributed by atoms with Crippen LogP contribution < -0.4 is 5.56 Å². The number of benzene rings is 4. The molecular weight excluding hydrogens is 520 g/mol. The summed E-state index contributed by atoms with van der Waals surface area (Å²) in [7, 11) is -3.69. The molecule has 1 fully saturated rings. The Morgan fingerprint density at radius 1 is 0.675 bits per heavy atom. The van der Waals surface area contributed by atoms with Gasteiger partial charge < -0.3 is 4.57 Å². The summed E-state index contributed by atoms with van der Waals surface area (Å²) in [6.45, 7) is 0.694. The molecule has 200 valence electrons. The number of carbonyl (C=O) groups excluding carboxylic acids is 1. The number of Topliss-reactive ketones (excluding diaryl/α,β-unsaturated/α-hetero) is 1. The standard InChI is InChI=1S/C33H28N2O4S/c36-32(23-34-22-31(16-17-33(34)37)40(38,39)35-18-3-4-19-35)30-9-5-8-28(21-30)25-10-12-26(13-11-25)29-15-14-24-6-1-2-7-27(24)20-29/h1-2,5-17,20-22H,3-4,18-19,23H2. The molecule has 1 saturated heterocycles. The lowest BCUT2D eigenvalue weighted by molar-refractivity contribution is 0.0970. The summed E-state index contributed by atoms with van der Waals surface area (Å²) in [5.74, 6) is -0.271. The van der Waals surface area contributed by atoms with Gasteiger partial charge in [-0.3, -0.25) is 9.59 Å². The molecule has 0 radical (unpaired) electrons. The summed E-state index contributed by atoms with van der Waals surface area (Å²) in [6, 6.07) is 32.7. The van der Waals surface area contributed by atoms with Crippen LogP contribution >= 0.6 is 0 Å². The van der Waals surface area contributed by atoms with Gasteiger partial charge in [0.25, 0.3) is 5.56 Å². The summed E-state index contributed by atoms with van der Waals surface area (Å²) in [4.78, 5) is 25.7. The summed E-state index contributed by atoms with van der Waals surface area (Å²) < 4.78 is 28.5. The molecule has 0 bridgehead atoms. The van der Waals surface area contributed by atoms with Gasteiger partial charge in [0.05, 0.1) is 11.4 Å². The Morgan fingerprint density at radius 2 is 1.32 bits per heavy atom. The second-order valence-corrected chi connectivity index (χ2v) is 12.0. The molecule has 0 amide bonds. The highest BCUT2D eigenvalue weighted by atomic mass is 32.2. The molecule has 5 aromatic rings. The molecule has 0 spiro atoms. The van der Waals surface area contributed by atoms with Gasteiger partial charge in [0.15, 0.2) is 5.78 Å². The number of hydrogen-bond donors (Lipinski definition) is 0. The van der Waals surface area contributed by atoms with Gasteiger partial charge in [-0.15, -0.1) is 0 Å². The molecule has 0 N–H and O–H groups in total. The Labute approximate surface area is 233 Å². The van der Waals surface area contributed by atoms with Crippen LogP contribution in [0.15, 0.2) is 119 Å². The van der Waals surface area contributed by atoms with Crippen LogP contribution in [0.5, 0.6) is 0 Å². The first kappa shape index (κ1) is 25.9. The SMILES string of the molecule is O=C(Cn1cc(S(=O)(=O)N2CCCC2)ccc1=O)c1cccc(-c2ccc(-c3ccc4ccccc4c3)cc2)c1. The monoisotopic (exact) mass is 548 g/mol. The fourth-order valence-electron chi connectivity index (χ4n) is 5.21. The molecule has 0 unspecified atom stereocenters. The van der Waals surface area contributed by atoms with E-state index in [2.05, 4.69) is 42.5 Å². The van der Waals surface area contributed by atoms with Crippen LogP contribution in [0.4, 0.5) is 0 Å². The van der Waals surface area contributed by atoms with Crippen molar-refractivity contribution < 1.29 is 13.2 Å². The molecule has 2 heterocycles. The van der Waals surface area contributed by atoms with Crippen LogP contribution in [0.25, 0.3) is 33.0 Å². The van der Waals surface area contributed by atoms with E-state index in [4.69, 9.17) is 0 Å². The quantitative estimate of drug-likeness (QED) is 0.234. The number of nitrogens with zero attached hydrogens (tertiary/aromatic N) is 2. The summed E-state index contributed by atoms with van der Waals surface area (Å²) in [5.41, 5.74) is 4.12. The zero-order chi connectivity index (χ0) is 27.7. The predicted octanol–water partition coefficient (Wildman–Crippen LogP) is 6.00. The Bertz CT molecular complexity index is 1890. The molecule has 40 heavy (non-hydrogen) atoms. The Hall–Kier alpha value is -4.33. The molecule has 0 saturated carbocycles. The maximum Gasteiger partial charge on any atom is 0.251 e. The second-order valence-electron chi connectivity index (χ2n) is 10.1. The number of hydrogen-bond acceptors (Lipinski definition) is 4. The fourth-order valence-corrected chi connectivity index (χ4v) is 6.74. The van der Waals surface area contributed by atoms with Crippen LogP contribution in [-0.2, 0) is 16.6 Å². The zero-order valence-corrected chi connectivity index (χ0v) is 22.7. The van der Waals surface area contributed by atoms with Gasteiger partial charge in [-0.2, -0.15) is 4.31 Å². The Morgan fingerprint density at radius 3 is 2.05 bits per heavy atom. The molecule has 1 aromatic heterocycles. The number of sulfonamides is 1. The summed E-state index contributed by atoms with van der Waals surface area (Å²) in [5, 5.41) is 2.39. The highest BCUT2D eigenvalue weighted by Gasteiger charge is 2.27. The predicted molar refractivity (Wildman–Crippen MR) is 158 cm³/mol. The van der Waals surface area contributed by atoms with E-state index < -0.39 is 15.6 Å². The maximum atomic E-state index is 13.2. The van der Waals surface area contributed by atoms with E-state index in [-0.39, 0.29) is 17.2 Å². The van der Waals surface area contributed by atoms with Crippen LogP contribution in [0.1, 0.15) is 23.2 Å². The molecule has 0 atom stereocenters. The van der Waals surface area contributed by atoms with Crippen molar-refractivity contribution in [3.8, 4) is 22.3 Å².